The first-order valence-electron chi connectivity index (χ1n) is 5.35. The summed E-state index contributed by atoms with van der Waals surface area (Å²) in [5.41, 5.74) is 0.674. The molecule has 0 atom stereocenters. The number of nitrogens with zero attached hydrogens (tertiary/aromatic N) is 3. The molecular formula is C11H15N3O3. The molecule has 0 spiro atoms. The van der Waals surface area contributed by atoms with Gasteiger partial charge in [0.15, 0.2) is 5.84 Å². The van der Waals surface area contributed by atoms with Crippen LogP contribution in [0.1, 0.15) is 19.4 Å². The lowest BCUT2D eigenvalue weighted by atomic mass is 10.1. The third kappa shape index (κ3) is 2.93. The van der Waals surface area contributed by atoms with Crippen molar-refractivity contribution >= 4 is 11.5 Å². The van der Waals surface area contributed by atoms with Crippen LogP contribution in [0.5, 0.6) is 0 Å². The van der Waals surface area contributed by atoms with Crippen LogP contribution >= 0.6 is 0 Å². The summed E-state index contributed by atoms with van der Waals surface area (Å²) in [5.74, 6) is 0.421. The van der Waals surface area contributed by atoms with Crippen LogP contribution in [0.25, 0.3) is 0 Å². The molecule has 0 aliphatic heterocycles. The molecule has 0 saturated carbocycles. The van der Waals surface area contributed by atoms with E-state index in [1.165, 1.54) is 12.1 Å². The van der Waals surface area contributed by atoms with Gasteiger partial charge in [-0.1, -0.05) is 5.16 Å². The lowest BCUT2D eigenvalue weighted by Crippen LogP contribution is -2.31. The van der Waals surface area contributed by atoms with Crippen molar-refractivity contribution in [2.75, 3.05) is 13.1 Å². The number of nitro benzene ring substituents is 1. The van der Waals surface area contributed by atoms with Crippen molar-refractivity contribution in [2.24, 2.45) is 5.16 Å². The Morgan fingerprint density at radius 1 is 1.35 bits per heavy atom. The molecule has 1 aromatic carbocycles. The van der Waals surface area contributed by atoms with E-state index in [9.17, 15) is 10.1 Å². The molecule has 0 aliphatic rings. The largest absolute Gasteiger partial charge is 0.409 e. The molecule has 0 unspecified atom stereocenters. The molecule has 6 heteroatoms. The zero-order chi connectivity index (χ0) is 12.8. The van der Waals surface area contributed by atoms with Crippen LogP contribution in [0.15, 0.2) is 29.4 Å². The average molecular weight is 237 g/mol. The van der Waals surface area contributed by atoms with Crippen molar-refractivity contribution in [1.82, 2.24) is 4.90 Å². The number of hydrogen-bond donors (Lipinski definition) is 1. The van der Waals surface area contributed by atoms with Crippen molar-refractivity contribution < 1.29 is 10.1 Å². The van der Waals surface area contributed by atoms with E-state index in [-0.39, 0.29) is 5.69 Å². The SMILES string of the molecule is CCN(CC)/C(=N\O)c1ccc([N+](=O)[O-])cc1. The highest BCUT2D eigenvalue weighted by Crippen LogP contribution is 2.14. The fourth-order valence-electron chi connectivity index (χ4n) is 1.56. The number of amidine groups is 1. The molecule has 0 amide bonds. The topological polar surface area (TPSA) is 79.0 Å². The number of non-ortho nitro benzene ring substituents is 1. The van der Waals surface area contributed by atoms with Crippen molar-refractivity contribution in [3.05, 3.63) is 39.9 Å². The van der Waals surface area contributed by atoms with Crippen LogP contribution in [0.4, 0.5) is 5.69 Å². The van der Waals surface area contributed by atoms with Crippen molar-refractivity contribution in [3.63, 3.8) is 0 Å². The molecule has 6 nitrogen and oxygen atoms in total. The van der Waals surface area contributed by atoms with E-state index in [1.54, 1.807) is 12.1 Å². The molecule has 0 aliphatic carbocycles. The fourth-order valence-corrected chi connectivity index (χ4v) is 1.56. The highest BCUT2D eigenvalue weighted by Gasteiger charge is 2.12. The van der Waals surface area contributed by atoms with Gasteiger partial charge in [0.1, 0.15) is 0 Å². The Labute approximate surface area is 99.3 Å². The summed E-state index contributed by atoms with van der Waals surface area (Å²) in [7, 11) is 0. The number of nitro groups is 1. The summed E-state index contributed by atoms with van der Waals surface area (Å²) in [5, 5.41) is 22.8. The number of hydrogen-bond acceptors (Lipinski definition) is 4. The Hall–Kier alpha value is -2.11. The standard InChI is InChI=1S/C11H15N3O3/c1-3-13(4-2)11(12-15)9-5-7-10(8-6-9)14(16)17/h5-8,15H,3-4H2,1-2H3/b12-11-. The van der Waals surface area contributed by atoms with E-state index < -0.39 is 4.92 Å². The Bertz CT molecular complexity index is 410. The summed E-state index contributed by atoms with van der Waals surface area (Å²) >= 11 is 0. The second kappa shape index (κ2) is 5.83. The third-order valence-electron chi connectivity index (χ3n) is 2.49. The van der Waals surface area contributed by atoms with Gasteiger partial charge in [0.25, 0.3) is 5.69 Å². The highest BCUT2D eigenvalue weighted by atomic mass is 16.6. The van der Waals surface area contributed by atoms with E-state index in [1.807, 2.05) is 18.7 Å². The van der Waals surface area contributed by atoms with Gasteiger partial charge in [-0.3, -0.25) is 10.1 Å². The Balaban J connectivity index is 3.02. The van der Waals surface area contributed by atoms with Crippen LogP contribution in [-0.4, -0.2) is 34.0 Å². The molecule has 0 saturated heterocycles. The van der Waals surface area contributed by atoms with E-state index in [0.717, 1.165) is 0 Å². The molecular weight excluding hydrogens is 222 g/mol. The summed E-state index contributed by atoms with van der Waals surface area (Å²) in [6, 6.07) is 5.94. The normalized spacial score (nSPS) is 11.3. The molecule has 1 N–H and O–H groups in total. The summed E-state index contributed by atoms with van der Waals surface area (Å²) in [6.07, 6.45) is 0. The van der Waals surface area contributed by atoms with E-state index in [4.69, 9.17) is 5.21 Å². The summed E-state index contributed by atoms with van der Waals surface area (Å²) in [4.78, 5) is 11.9. The van der Waals surface area contributed by atoms with Crippen molar-refractivity contribution in [2.45, 2.75) is 13.8 Å². The maximum absolute atomic E-state index is 10.5. The zero-order valence-electron chi connectivity index (χ0n) is 9.83. The first kappa shape index (κ1) is 13.0. The van der Waals surface area contributed by atoms with E-state index in [0.29, 0.717) is 24.5 Å². The fraction of sp³-hybridized carbons (Fsp3) is 0.364. The minimum Gasteiger partial charge on any atom is -0.409 e. The number of benzene rings is 1. The summed E-state index contributed by atoms with van der Waals surface area (Å²) in [6.45, 7) is 5.29. The minimum absolute atomic E-state index is 0.0191. The van der Waals surface area contributed by atoms with Gasteiger partial charge in [-0.05, 0) is 26.0 Å². The monoisotopic (exact) mass is 237 g/mol. The molecule has 0 bridgehead atoms. The summed E-state index contributed by atoms with van der Waals surface area (Å²) < 4.78 is 0. The van der Waals surface area contributed by atoms with E-state index >= 15 is 0 Å². The van der Waals surface area contributed by atoms with Crippen molar-refractivity contribution in [3.8, 4) is 0 Å². The van der Waals surface area contributed by atoms with Gasteiger partial charge < -0.3 is 10.1 Å². The predicted octanol–water partition coefficient (Wildman–Crippen LogP) is 2.07. The Kier molecular flexibility index (Phi) is 4.45. The zero-order valence-corrected chi connectivity index (χ0v) is 9.83. The molecule has 1 aromatic rings. The molecule has 0 fully saturated rings. The maximum Gasteiger partial charge on any atom is 0.269 e. The van der Waals surface area contributed by atoms with Crippen LogP contribution in [-0.2, 0) is 0 Å². The van der Waals surface area contributed by atoms with Gasteiger partial charge in [0, 0.05) is 30.8 Å². The minimum atomic E-state index is -0.461. The molecule has 0 radical (unpaired) electrons. The van der Waals surface area contributed by atoms with Crippen LogP contribution in [0.3, 0.4) is 0 Å². The lowest BCUT2D eigenvalue weighted by Gasteiger charge is -2.21. The maximum atomic E-state index is 10.5. The van der Waals surface area contributed by atoms with E-state index in [2.05, 4.69) is 5.16 Å². The third-order valence-corrected chi connectivity index (χ3v) is 2.49. The molecule has 0 aromatic heterocycles. The van der Waals surface area contributed by atoms with Crippen LogP contribution in [0, 0.1) is 10.1 Å². The van der Waals surface area contributed by atoms with Gasteiger partial charge in [0.2, 0.25) is 0 Å². The molecule has 17 heavy (non-hydrogen) atoms. The van der Waals surface area contributed by atoms with Gasteiger partial charge in [-0.2, -0.15) is 0 Å². The smallest absolute Gasteiger partial charge is 0.269 e. The molecule has 92 valence electrons. The van der Waals surface area contributed by atoms with Crippen LogP contribution in [0.2, 0.25) is 0 Å². The first-order valence-corrected chi connectivity index (χ1v) is 5.35. The van der Waals surface area contributed by atoms with Gasteiger partial charge in [-0.25, -0.2) is 0 Å². The second-order valence-corrected chi connectivity index (χ2v) is 3.40. The van der Waals surface area contributed by atoms with Crippen molar-refractivity contribution in [1.29, 1.82) is 0 Å². The predicted molar refractivity (Wildman–Crippen MR) is 64.3 cm³/mol. The lowest BCUT2D eigenvalue weighted by molar-refractivity contribution is -0.384. The second-order valence-electron chi connectivity index (χ2n) is 3.40. The highest BCUT2D eigenvalue weighted by molar-refractivity contribution is 5.98. The Morgan fingerprint density at radius 3 is 2.24 bits per heavy atom. The van der Waals surface area contributed by atoms with Gasteiger partial charge in [0.05, 0.1) is 4.92 Å². The quantitative estimate of drug-likeness (QED) is 0.286. The van der Waals surface area contributed by atoms with Gasteiger partial charge >= 0.3 is 0 Å². The first-order chi connectivity index (χ1) is 8.13. The molecule has 1 rings (SSSR count). The number of oxime groups is 1. The Morgan fingerprint density at radius 2 is 1.88 bits per heavy atom. The number of rotatable bonds is 4. The van der Waals surface area contributed by atoms with Crippen LogP contribution < -0.4 is 0 Å². The average Bonchev–Trinajstić information content (AvgIpc) is 2.36. The molecule has 0 heterocycles. The van der Waals surface area contributed by atoms with Gasteiger partial charge in [-0.15, -0.1) is 0 Å².